The van der Waals surface area contributed by atoms with Gasteiger partial charge in [-0.3, -0.25) is 0 Å². The van der Waals surface area contributed by atoms with E-state index in [1.165, 1.54) is 28.6 Å². The molecule has 1 saturated heterocycles. The molecule has 0 bridgehead atoms. The summed E-state index contributed by atoms with van der Waals surface area (Å²) in [7, 11) is 0. The largest absolute Gasteiger partial charge is 0.396 e. The molecule has 2 atom stereocenters. The first-order valence-electron chi connectivity index (χ1n) is 8.07. The van der Waals surface area contributed by atoms with Crippen molar-refractivity contribution >= 4 is 21.6 Å². The van der Waals surface area contributed by atoms with E-state index in [1.54, 1.807) is 0 Å². The molecule has 0 saturated carbocycles. The monoisotopic (exact) mass is 354 g/mol. The van der Waals surface area contributed by atoms with Crippen LogP contribution in [0.1, 0.15) is 51.1 Å². The van der Waals surface area contributed by atoms with Crippen LogP contribution in [0, 0.1) is 0 Å². The Kier molecular flexibility index (Phi) is 6.52. The average molecular weight is 355 g/mol. The number of hydrogen-bond donors (Lipinski definition) is 2. The first kappa shape index (κ1) is 16.8. The number of anilines is 1. The normalized spacial score (nSPS) is 20.0. The Morgan fingerprint density at radius 2 is 2.29 bits per heavy atom. The van der Waals surface area contributed by atoms with E-state index in [-0.39, 0.29) is 0 Å². The van der Waals surface area contributed by atoms with E-state index in [0.29, 0.717) is 18.7 Å². The van der Waals surface area contributed by atoms with Crippen LogP contribution < -0.4 is 10.2 Å². The van der Waals surface area contributed by atoms with Gasteiger partial charge in [0, 0.05) is 29.7 Å². The van der Waals surface area contributed by atoms with Crippen molar-refractivity contribution in [1.82, 2.24) is 5.32 Å². The van der Waals surface area contributed by atoms with Gasteiger partial charge < -0.3 is 15.3 Å². The van der Waals surface area contributed by atoms with Gasteiger partial charge in [-0.1, -0.05) is 13.0 Å². The topological polar surface area (TPSA) is 35.5 Å². The van der Waals surface area contributed by atoms with E-state index in [0.717, 1.165) is 25.9 Å². The van der Waals surface area contributed by atoms with Crippen LogP contribution in [0.5, 0.6) is 0 Å². The lowest BCUT2D eigenvalue weighted by atomic mass is 10.1. The molecule has 2 rings (SSSR count). The summed E-state index contributed by atoms with van der Waals surface area (Å²) < 4.78 is 1.18. The zero-order chi connectivity index (χ0) is 15.2. The van der Waals surface area contributed by atoms with Crippen LogP contribution in [0.15, 0.2) is 22.7 Å². The summed E-state index contributed by atoms with van der Waals surface area (Å²) in [6.07, 6.45) is 4.47. The third kappa shape index (κ3) is 4.21. The highest BCUT2D eigenvalue weighted by Gasteiger charge is 2.25. The van der Waals surface area contributed by atoms with Crippen molar-refractivity contribution in [3.8, 4) is 0 Å². The lowest BCUT2D eigenvalue weighted by Gasteiger charge is -2.28. The van der Waals surface area contributed by atoms with Gasteiger partial charge in [0.2, 0.25) is 0 Å². The van der Waals surface area contributed by atoms with Gasteiger partial charge in [-0.05, 0) is 72.8 Å². The first-order valence-corrected chi connectivity index (χ1v) is 8.87. The van der Waals surface area contributed by atoms with Crippen LogP contribution in [0.25, 0.3) is 0 Å². The lowest BCUT2D eigenvalue weighted by molar-refractivity contribution is 0.279. The molecule has 118 valence electrons. The van der Waals surface area contributed by atoms with Crippen LogP contribution in [0.3, 0.4) is 0 Å². The molecule has 0 aliphatic carbocycles. The third-order valence-electron chi connectivity index (χ3n) is 4.36. The lowest BCUT2D eigenvalue weighted by Crippen LogP contribution is -2.29. The molecule has 2 unspecified atom stereocenters. The molecule has 1 aliphatic rings. The second-order valence-corrected chi connectivity index (χ2v) is 6.70. The number of hydrogen-bond acceptors (Lipinski definition) is 3. The van der Waals surface area contributed by atoms with Crippen molar-refractivity contribution < 1.29 is 5.11 Å². The summed E-state index contributed by atoms with van der Waals surface area (Å²) in [5.74, 6) is 0. The smallest absolute Gasteiger partial charge is 0.0513 e. The van der Waals surface area contributed by atoms with Gasteiger partial charge in [-0.2, -0.15) is 0 Å². The summed E-state index contributed by atoms with van der Waals surface area (Å²) in [4.78, 5) is 2.50. The Hall–Kier alpha value is -0.580. The Morgan fingerprint density at radius 1 is 1.48 bits per heavy atom. The molecule has 0 spiro atoms. The highest BCUT2D eigenvalue weighted by molar-refractivity contribution is 9.10. The van der Waals surface area contributed by atoms with Crippen molar-refractivity contribution in [3.05, 3.63) is 28.2 Å². The van der Waals surface area contributed by atoms with Gasteiger partial charge in [-0.25, -0.2) is 0 Å². The average Bonchev–Trinajstić information content (AvgIpc) is 2.93. The summed E-state index contributed by atoms with van der Waals surface area (Å²) in [6, 6.07) is 7.67. The number of halogens is 1. The maximum Gasteiger partial charge on any atom is 0.0513 e. The summed E-state index contributed by atoms with van der Waals surface area (Å²) in [5, 5.41) is 12.5. The summed E-state index contributed by atoms with van der Waals surface area (Å²) in [6.45, 7) is 6.73. The number of aliphatic hydroxyl groups excluding tert-OH is 1. The summed E-state index contributed by atoms with van der Waals surface area (Å²) in [5.41, 5.74) is 2.61. The van der Waals surface area contributed by atoms with Crippen molar-refractivity contribution in [2.45, 2.75) is 51.6 Å². The third-order valence-corrected chi connectivity index (χ3v) is 5.00. The highest BCUT2D eigenvalue weighted by atomic mass is 79.9. The van der Waals surface area contributed by atoms with Crippen LogP contribution in [-0.2, 0) is 0 Å². The second-order valence-electron chi connectivity index (χ2n) is 5.85. The maximum absolute atomic E-state index is 9.05. The predicted octanol–water partition coefficient (Wildman–Crippen LogP) is 3.86. The molecule has 0 amide bonds. The minimum atomic E-state index is 0.296. The number of nitrogens with zero attached hydrogens (tertiary/aromatic N) is 1. The molecule has 0 radical (unpaired) electrons. The molecule has 4 heteroatoms. The fourth-order valence-corrected chi connectivity index (χ4v) is 3.85. The minimum absolute atomic E-state index is 0.296. The van der Waals surface area contributed by atoms with E-state index < -0.39 is 0 Å². The van der Waals surface area contributed by atoms with Crippen LogP contribution in [0.2, 0.25) is 0 Å². The first-order chi connectivity index (χ1) is 10.2. The Balaban J connectivity index is 2.12. The number of nitrogens with one attached hydrogen (secondary N) is 1. The molecule has 1 aromatic carbocycles. The fourth-order valence-electron chi connectivity index (χ4n) is 3.23. The maximum atomic E-state index is 9.05. The number of benzene rings is 1. The highest BCUT2D eigenvalue weighted by Crippen LogP contribution is 2.35. The molecular formula is C17H27BrN2O. The molecule has 1 heterocycles. The van der Waals surface area contributed by atoms with Crippen molar-refractivity contribution in [2.24, 2.45) is 0 Å². The molecule has 2 N–H and O–H groups in total. The molecule has 3 nitrogen and oxygen atoms in total. The van der Waals surface area contributed by atoms with E-state index in [4.69, 9.17) is 5.11 Å². The molecule has 1 fully saturated rings. The second kappa shape index (κ2) is 8.16. The van der Waals surface area contributed by atoms with Crippen molar-refractivity contribution in [3.63, 3.8) is 0 Å². The van der Waals surface area contributed by atoms with Gasteiger partial charge in [0.15, 0.2) is 0 Å². The van der Waals surface area contributed by atoms with E-state index >= 15 is 0 Å². The van der Waals surface area contributed by atoms with Gasteiger partial charge in [0.05, 0.1) is 5.69 Å². The molecule has 1 aromatic rings. The summed E-state index contributed by atoms with van der Waals surface area (Å²) >= 11 is 3.75. The van der Waals surface area contributed by atoms with Crippen LogP contribution in [0.4, 0.5) is 5.69 Å². The van der Waals surface area contributed by atoms with E-state index in [9.17, 15) is 0 Å². The van der Waals surface area contributed by atoms with Crippen LogP contribution in [-0.4, -0.2) is 30.8 Å². The molecular weight excluding hydrogens is 328 g/mol. The SMILES string of the molecule is CCNC(C)c1ccc(N2CCCC2CCCO)c(Br)c1. The minimum Gasteiger partial charge on any atom is -0.396 e. The van der Waals surface area contributed by atoms with Gasteiger partial charge in [0.1, 0.15) is 0 Å². The van der Waals surface area contributed by atoms with E-state index in [1.807, 2.05) is 0 Å². The molecule has 0 aromatic heterocycles. The Bertz CT molecular complexity index is 452. The predicted molar refractivity (Wildman–Crippen MR) is 92.9 cm³/mol. The van der Waals surface area contributed by atoms with Gasteiger partial charge in [-0.15, -0.1) is 0 Å². The zero-order valence-corrected chi connectivity index (χ0v) is 14.7. The van der Waals surface area contributed by atoms with Gasteiger partial charge in [0.25, 0.3) is 0 Å². The standard InChI is InChI=1S/C17H27BrN2O/c1-3-19-13(2)14-8-9-17(16(18)12-14)20-10-4-6-15(20)7-5-11-21/h8-9,12-13,15,19,21H,3-7,10-11H2,1-2H3. The number of aliphatic hydroxyl groups is 1. The quantitative estimate of drug-likeness (QED) is 0.780. The fraction of sp³-hybridized carbons (Fsp3) is 0.647. The van der Waals surface area contributed by atoms with Crippen LogP contribution >= 0.6 is 15.9 Å². The zero-order valence-electron chi connectivity index (χ0n) is 13.1. The van der Waals surface area contributed by atoms with E-state index in [2.05, 4.69) is 58.2 Å². The number of rotatable bonds is 7. The molecule has 21 heavy (non-hydrogen) atoms. The Morgan fingerprint density at radius 3 is 2.95 bits per heavy atom. The van der Waals surface area contributed by atoms with Crippen molar-refractivity contribution in [2.75, 3.05) is 24.6 Å². The van der Waals surface area contributed by atoms with Gasteiger partial charge >= 0.3 is 0 Å². The molecule has 1 aliphatic heterocycles. The Labute approximate surface area is 136 Å². The van der Waals surface area contributed by atoms with Crippen molar-refractivity contribution in [1.29, 1.82) is 0 Å².